The van der Waals surface area contributed by atoms with Crippen LogP contribution in [0.2, 0.25) is 0 Å². The minimum Gasteiger partial charge on any atom is -0.478 e. The van der Waals surface area contributed by atoms with E-state index in [1.54, 1.807) is 18.2 Å². The third kappa shape index (κ3) is 2.38. The van der Waals surface area contributed by atoms with Crippen molar-refractivity contribution in [3.8, 4) is 0 Å². The number of likely N-dealkylation sites (tertiary alicyclic amines) is 1. The SMILES string of the molecule is CC(Cn1nnc2ccc(C(=O)O)cc21)N1CCCC1. The molecule has 1 aliphatic heterocycles. The summed E-state index contributed by atoms with van der Waals surface area (Å²) >= 11 is 0. The highest BCUT2D eigenvalue weighted by Gasteiger charge is 2.19. The van der Waals surface area contributed by atoms with Crippen molar-refractivity contribution in [1.82, 2.24) is 19.9 Å². The quantitative estimate of drug-likeness (QED) is 0.917. The number of aromatic nitrogens is 3. The standard InChI is InChI=1S/C14H18N4O2/c1-10(17-6-2-3-7-17)9-18-13-8-11(14(19)20)4-5-12(13)15-16-18/h4-5,8,10H,2-3,6-7,9H2,1H3,(H,19,20). The van der Waals surface area contributed by atoms with E-state index in [9.17, 15) is 4.79 Å². The number of carboxylic acids is 1. The molecule has 1 aromatic carbocycles. The Kier molecular flexibility index (Phi) is 3.40. The van der Waals surface area contributed by atoms with Crippen molar-refractivity contribution in [2.75, 3.05) is 13.1 Å². The Labute approximate surface area is 117 Å². The van der Waals surface area contributed by atoms with Crippen molar-refractivity contribution in [1.29, 1.82) is 0 Å². The summed E-state index contributed by atoms with van der Waals surface area (Å²) in [5, 5.41) is 17.3. The minimum absolute atomic E-state index is 0.273. The van der Waals surface area contributed by atoms with Crippen LogP contribution in [-0.4, -0.2) is 50.1 Å². The Balaban J connectivity index is 1.87. The molecule has 0 spiro atoms. The highest BCUT2D eigenvalue weighted by atomic mass is 16.4. The predicted molar refractivity (Wildman–Crippen MR) is 74.8 cm³/mol. The van der Waals surface area contributed by atoms with E-state index in [1.165, 1.54) is 12.8 Å². The van der Waals surface area contributed by atoms with E-state index in [4.69, 9.17) is 5.11 Å². The molecular formula is C14H18N4O2. The zero-order chi connectivity index (χ0) is 14.1. The van der Waals surface area contributed by atoms with Crippen LogP contribution in [-0.2, 0) is 6.54 Å². The zero-order valence-corrected chi connectivity index (χ0v) is 11.5. The molecule has 1 atom stereocenters. The van der Waals surface area contributed by atoms with Gasteiger partial charge >= 0.3 is 5.97 Å². The molecule has 1 aromatic heterocycles. The normalized spacial score (nSPS) is 17.6. The summed E-state index contributed by atoms with van der Waals surface area (Å²) in [7, 11) is 0. The van der Waals surface area contributed by atoms with Gasteiger partial charge in [-0.3, -0.25) is 4.90 Å². The van der Waals surface area contributed by atoms with Crippen LogP contribution >= 0.6 is 0 Å². The first-order chi connectivity index (χ1) is 9.65. The molecule has 2 heterocycles. The van der Waals surface area contributed by atoms with E-state index in [0.29, 0.717) is 6.04 Å². The van der Waals surface area contributed by atoms with Crippen LogP contribution < -0.4 is 0 Å². The zero-order valence-electron chi connectivity index (χ0n) is 11.5. The van der Waals surface area contributed by atoms with E-state index in [0.717, 1.165) is 30.7 Å². The molecule has 6 heteroatoms. The molecule has 2 aromatic rings. The number of carboxylic acid groups (broad SMARTS) is 1. The Bertz CT molecular complexity index is 631. The molecule has 106 valence electrons. The Morgan fingerprint density at radius 3 is 2.85 bits per heavy atom. The van der Waals surface area contributed by atoms with Crippen molar-refractivity contribution >= 4 is 17.0 Å². The molecule has 1 fully saturated rings. The molecule has 1 N–H and O–H groups in total. The van der Waals surface area contributed by atoms with Crippen molar-refractivity contribution in [2.24, 2.45) is 0 Å². The van der Waals surface area contributed by atoms with Crippen LogP contribution in [0.1, 0.15) is 30.1 Å². The fourth-order valence-electron chi connectivity index (χ4n) is 2.78. The van der Waals surface area contributed by atoms with Gasteiger partial charge < -0.3 is 5.11 Å². The summed E-state index contributed by atoms with van der Waals surface area (Å²) in [5.74, 6) is -0.924. The van der Waals surface area contributed by atoms with E-state index in [-0.39, 0.29) is 5.56 Å². The average molecular weight is 274 g/mol. The highest BCUT2D eigenvalue weighted by molar-refractivity contribution is 5.92. The molecule has 0 saturated carbocycles. The average Bonchev–Trinajstić information content (AvgIpc) is 3.08. The molecule has 0 amide bonds. The molecule has 0 radical (unpaired) electrons. The first kappa shape index (κ1) is 13.1. The monoisotopic (exact) mass is 274 g/mol. The van der Waals surface area contributed by atoms with Crippen LogP contribution in [0.25, 0.3) is 11.0 Å². The number of aromatic carboxylic acids is 1. The van der Waals surface area contributed by atoms with Crippen LogP contribution in [0.15, 0.2) is 18.2 Å². The lowest BCUT2D eigenvalue weighted by atomic mass is 10.2. The Morgan fingerprint density at radius 2 is 2.15 bits per heavy atom. The van der Waals surface area contributed by atoms with Crippen molar-refractivity contribution < 1.29 is 9.90 Å². The maximum atomic E-state index is 11.1. The second-order valence-corrected chi connectivity index (χ2v) is 5.37. The summed E-state index contributed by atoms with van der Waals surface area (Å²) in [6, 6.07) is 5.31. The lowest BCUT2D eigenvalue weighted by Crippen LogP contribution is -2.33. The summed E-state index contributed by atoms with van der Waals surface area (Å²) in [4.78, 5) is 13.5. The lowest BCUT2D eigenvalue weighted by molar-refractivity contribution is 0.0697. The molecule has 1 saturated heterocycles. The van der Waals surface area contributed by atoms with Crippen molar-refractivity contribution in [2.45, 2.75) is 32.4 Å². The van der Waals surface area contributed by atoms with Crippen molar-refractivity contribution in [3.63, 3.8) is 0 Å². The molecule has 0 bridgehead atoms. The molecule has 1 aliphatic rings. The van der Waals surface area contributed by atoms with Gasteiger partial charge in [-0.2, -0.15) is 0 Å². The third-order valence-electron chi connectivity index (χ3n) is 3.96. The maximum Gasteiger partial charge on any atom is 0.335 e. The topological polar surface area (TPSA) is 71.2 Å². The van der Waals surface area contributed by atoms with Crippen LogP contribution in [0, 0.1) is 0 Å². The first-order valence-electron chi connectivity index (χ1n) is 6.96. The molecule has 20 heavy (non-hydrogen) atoms. The number of hydrogen-bond donors (Lipinski definition) is 1. The molecule has 1 unspecified atom stereocenters. The summed E-state index contributed by atoms with van der Waals surface area (Å²) in [5.41, 5.74) is 1.80. The fourth-order valence-corrected chi connectivity index (χ4v) is 2.78. The van der Waals surface area contributed by atoms with E-state index in [1.807, 2.05) is 4.68 Å². The Hall–Kier alpha value is -1.95. The van der Waals surface area contributed by atoms with Gasteiger partial charge in [0.2, 0.25) is 0 Å². The fraction of sp³-hybridized carbons (Fsp3) is 0.500. The summed E-state index contributed by atoms with van der Waals surface area (Å²) in [6.07, 6.45) is 2.51. The summed E-state index contributed by atoms with van der Waals surface area (Å²) < 4.78 is 1.81. The second kappa shape index (κ2) is 5.20. The van der Waals surface area contributed by atoms with Gasteiger partial charge in [0, 0.05) is 6.04 Å². The number of carbonyl (C=O) groups is 1. The maximum absolute atomic E-state index is 11.1. The Morgan fingerprint density at radius 1 is 1.40 bits per heavy atom. The van der Waals surface area contributed by atoms with Gasteiger partial charge in [-0.1, -0.05) is 5.21 Å². The number of benzene rings is 1. The van der Waals surface area contributed by atoms with Crippen LogP contribution in [0.4, 0.5) is 0 Å². The van der Waals surface area contributed by atoms with E-state index in [2.05, 4.69) is 22.1 Å². The largest absolute Gasteiger partial charge is 0.478 e. The number of rotatable bonds is 4. The number of nitrogens with zero attached hydrogens (tertiary/aromatic N) is 4. The summed E-state index contributed by atoms with van der Waals surface area (Å²) in [6.45, 7) is 5.18. The highest BCUT2D eigenvalue weighted by Crippen LogP contribution is 2.17. The number of fused-ring (bicyclic) bond motifs is 1. The minimum atomic E-state index is -0.924. The van der Waals surface area contributed by atoms with Gasteiger partial charge in [0.25, 0.3) is 0 Å². The van der Waals surface area contributed by atoms with Gasteiger partial charge in [-0.05, 0) is 51.1 Å². The first-order valence-corrected chi connectivity index (χ1v) is 6.96. The van der Waals surface area contributed by atoms with Gasteiger partial charge in [-0.25, -0.2) is 9.48 Å². The van der Waals surface area contributed by atoms with E-state index >= 15 is 0 Å². The molecule has 0 aliphatic carbocycles. The smallest absolute Gasteiger partial charge is 0.335 e. The van der Waals surface area contributed by atoms with Gasteiger partial charge in [0.1, 0.15) is 5.52 Å². The van der Waals surface area contributed by atoms with Crippen LogP contribution in [0.5, 0.6) is 0 Å². The number of hydrogen-bond acceptors (Lipinski definition) is 4. The van der Waals surface area contributed by atoms with Gasteiger partial charge in [0.15, 0.2) is 0 Å². The third-order valence-corrected chi connectivity index (χ3v) is 3.96. The van der Waals surface area contributed by atoms with Gasteiger partial charge in [-0.15, -0.1) is 5.10 Å². The van der Waals surface area contributed by atoms with E-state index < -0.39 is 5.97 Å². The van der Waals surface area contributed by atoms with Crippen molar-refractivity contribution in [3.05, 3.63) is 23.8 Å². The molecule has 6 nitrogen and oxygen atoms in total. The predicted octanol–water partition coefficient (Wildman–Crippen LogP) is 1.61. The van der Waals surface area contributed by atoms with Crippen LogP contribution in [0.3, 0.4) is 0 Å². The molecule has 3 rings (SSSR count). The second-order valence-electron chi connectivity index (χ2n) is 5.37. The van der Waals surface area contributed by atoms with Gasteiger partial charge in [0.05, 0.1) is 17.6 Å². The lowest BCUT2D eigenvalue weighted by Gasteiger charge is -2.23. The molecular weight excluding hydrogens is 256 g/mol.